The first-order chi connectivity index (χ1) is 20.1. The summed E-state index contributed by atoms with van der Waals surface area (Å²) < 4.78 is 6.29. The lowest BCUT2D eigenvalue weighted by Gasteiger charge is -2.37. The van der Waals surface area contributed by atoms with Gasteiger partial charge in [-0.3, -0.25) is 4.99 Å². The number of anilines is 1. The first kappa shape index (κ1) is 25.6. The minimum absolute atomic E-state index is 0.270. The van der Waals surface area contributed by atoms with Crippen LogP contribution in [0.25, 0.3) is 10.8 Å². The van der Waals surface area contributed by atoms with Crippen molar-refractivity contribution in [3.63, 3.8) is 0 Å². The van der Waals surface area contributed by atoms with Crippen molar-refractivity contribution >= 4 is 40.0 Å². The van der Waals surface area contributed by atoms with Crippen molar-refractivity contribution in [3.8, 4) is 5.75 Å². The first-order valence-corrected chi connectivity index (χ1v) is 14.6. The van der Waals surface area contributed by atoms with E-state index in [1.807, 2.05) is 42.6 Å². The van der Waals surface area contributed by atoms with E-state index >= 15 is 0 Å². The molecule has 2 aliphatic rings. The predicted molar refractivity (Wildman–Crippen MR) is 171 cm³/mol. The maximum atomic E-state index is 6.38. The van der Waals surface area contributed by atoms with E-state index in [2.05, 4.69) is 91.1 Å². The number of nitrogens with zero attached hydrogens (tertiary/aromatic N) is 1. The summed E-state index contributed by atoms with van der Waals surface area (Å²) in [6.07, 6.45) is 7.75. The van der Waals surface area contributed by atoms with Crippen LogP contribution in [0.5, 0.6) is 5.75 Å². The molecule has 3 nitrogen and oxygen atoms in total. The molecule has 5 aromatic carbocycles. The number of fused-ring (bicyclic) bond motifs is 4. The van der Waals surface area contributed by atoms with Crippen LogP contribution in [0.3, 0.4) is 0 Å². The van der Waals surface area contributed by atoms with Crippen molar-refractivity contribution in [1.82, 2.24) is 0 Å². The zero-order valence-corrected chi connectivity index (χ0v) is 23.7. The average molecular weight is 555 g/mol. The SMILES string of the molecule is Cc1ccc2c(c1)[C@@H]1C=CC[C@@H]1[C@H](c1ccc(N=Cc3c(OCc4ccccc4Cl)ccc4ccccc34)cc1)N2. The van der Waals surface area contributed by atoms with Crippen LogP contribution in [0.2, 0.25) is 5.02 Å². The van der Waals surface area contributed by atoms with Gasteiger partial charge in [-0.05, 0) is 71.5 Å². The van der Waals surface area contributed by atoms with Gasteiger partial charge in [-0.2, -0.15) is 0 Å². The Morgan fingerprint density at radius 2 is 1.76 bits per heavy atom. The van der Waals surface area contributed by atoms with Crippen LogP contribution in [0.1, 0.15) is 46.2 Å². The van der Waals surface area contributed by atoms with Crippen LogP contribution in [0, 0.1) is 12.8 Å². The Labute approximate surface area is 246 Å². The summed E-state index contributed by atoms with van der Waals surface area (Å²) in [5.74, 6) is 1.76. The van der Waals surface area contributed by atoms with E-state index in [9.17, 15) is 0 Å². The Morgan fingerprint density at radius 3 is 2.63 bits per heavy atom. The number of nitrogens with one attached hydrogen (secondary N) is 1. The van der Waals surface area contributed by atoms with Crippen LogP contribution in [0.4, 0.5) is 11.4 Å². The molecule has 0 fully saturated rings. The lowest BCUT2D eigenvalue weighted by molar-refractivity contribution is 0.306. The Bertz CT molecular complexity index is 1790. The van der Waals surface area contributed by atoms with Crippen LogP contribution in [-0.4, -0.2) is 6.21 Å². The molecule has 202 valence electrons. The number of aliphatic imine (C=N–C) groups is 1. The Kier molecular flexibility index (Phi) is 6.82. The molecule has 0 radical (unpaired) electrons. The first-order valence-electron chi connectivity index (χ1n) is 14.2. The number of rotatable bonds is 6. The summed E-state index contributed by atoms with van der Waals surface area (Å²) in [6, 6.07) is 35.9. The average Bonchev–Trinajstić information content (AvgIpc) is 3.50. The summed E-state index contributed by atoms with van der Waals surface area (Å²) in [5, 5.41) is 6.79. The summed E-state index contributed by atoms with van der Waals surface area (Å²) in [4.78, 5) is 4.89. The molecule has 3 atom stereocenters. The second kappa shape index (κ2) is 10.9. The quantitative estimate of drug-likeness (QED) is 0.167. The number of ether oxygens (including phenoxy) is 1. The highest BCUT2D eigenvalue weighted by Crippen LogP contribution is 2.50. The summed E-state index contributed by atoms with van der Waals surface area (Å²) in [5.41, 5.74) is 8.09. The van der Waals surface area contributed by atoms with Gasteiger partial charge in [-0.1, -0.05) is 102 Å². The number of benzene rings is 5. The van der Waals surface area contributed by atoms with Crippen LogP contribution < -0.4 is 10.1 Å². The molecule has 0 unspecified atom stereocenters. The van der Waals surface area contributed by atoms with Gasteiger partial charge in [0.1, 0.15) is 12.4 Å². The Balaban J connectivity index is 1.16. The van der Waals surface area contributed by atoms with E-state index in [1.54, 1.807) is 0 Å². The minimum atomic E-state index is 0.270. The molecule has 0 spiro atoms. The van der Waals surface area contributed by atoms with E-state index in [-0.39, 0.29) is 6.04 Å². The van der Waals surface area contributed by atoms with Crippen molar-refractivity contribution in [2.75, 3.05) is 5.32 Å². The molecule has 5 aromatic rings. The van der Waals surface area contributed by atoms with Crippen LogP contribution in [0.15, 0.2) is 120 Å². The number of hydrogen-bond donors (Lipinski definition) is 1. The third-order valence-corrected chi connectivity index (χ3v) is 8.75. The fourth-order valence-electron chi connectivity index (χ4n) is 6.26. The zero-order chi connectivity index (χ0) is 27.8. The molecular formula is C37H31ClN2O. The molecule has 0 saturated heterocycles. The van der Waals surface area contributed by atoms with Gasteiger partial charge in [0.15, 0.2) is 0 Å². The maximum absolute atomic E-state index is 6.38. The molecule has 1 heterocycles. The minimum Gasteiger partial charge on any atom is -0.488 e. The summed E-state index contributed by atoms with van der Waals surface area (Å²) >= 11 is 6.38. The maximum Gasteiger partial charge on any atom is 0.129 e. The summed E-state index contributed by atoms with van der Waals surface area (Å²) in [7, 11) is 0. The number of allylic oxidation sites excluding steroid dienone is 2. The van der Waals surface area contributed by atoms with Gasteiger partial charge >= 0.3 is 0 Å². The predicted octanol–water partition coefficient (Wildman–Crippen LogP) is 9.96. The lowest BCUT2D eigenvalue weighted by atomic mass is 9.76. The van der Waals surface area contributed by atoms with Crippen molar-refractivity contribution in [3.05, 3.63) is 148 Å². The monoisotopic (exact) mass is 554 g/mol. The molecule has 7 rings (SSSR count). The zero-order valence-electron chi connectivity index (χ0n) is 22.9. The molecule has 41 heavy (non-hydrogen) atoms. The fourth-order valence-corrected chi connectivity index (χ4v) is 6.45. The van der Waals surface area contributed by atoms with Gasteiger partial charge in [0.25, 0.3) is 0 Å². The molecule has 1 N–H and O–H groups in total. The highest BCUT2D eigenvalue weighted by Gasteiger charge is 2.37. The third-order valence-electron chi connectivity index (χ3n) is 8.38. The van der Waals surface area contributed by atoms with Crippen LogP contribution >= 0.6 is 11.6 Å². The van der Waals surface area contributed by atoms with Gasteiger partial charge < -0.3 is 10.1 Å². The molecule has 0 bridgehead atoms. The molecular weight excluding hydrogens is 524 g/mol. The van der Waals surface area contributed by atoms with Gasteiger partial charge in [0.05, 0.1) is 11.7 Å². The highest BCUT2D eigenvalue weighted by atomic mass is 35.5. The molecule has 0 saturated carbocycles. The standard InChI is InChI=1S/C37H31ClN2O/c1-24-13-19-35-32(21-24)30-10-6-11-31(30)37(40-35)26-14-17-28(18-15-26)39-22-33-29-9-4-2-7-25(29)16-20-36(33)41-23-27-8-3-5-12-34(27)38/h2-10,12-22,30-31,37,40H,11,23H2,1H3/t30-,31+,37+/m1/s1. The van der Waals surface area contributed by atoms with E-state index in [4.69, 9.17) is 21.3 Å². The lowest BCUT2D eigenvalue weighted by Crippen LogP contribution is -2.29. The Morgan fingerprint density at radius 1 is 0.927 bits per heavy atom. The summed E-state index contributed by atoms with van der Waals surface area (Å²) in [6.45, 7) is 2.56. The van der Waals surface area contributed by atoms with E-state index in [0.717, 1.165) is 39.8 Å². The number of hydrogen-bond acceptors (Lipinski definition) is 3. The normalized spacial score (nSPS) is 19.2. The van der Waals surface area contributed by atoms with Crippen molar-refractivity contribution in [2.45, 2.75) is 31.9 Å². The second-order valence-corrected chi connectivity index (χ2v) is 11.4. The van der Waals surface area contributed by atoms with Crippen molar-refractivity contribution in [1.29, 1.82) is 0 Å². The van der Waals surface area contributed by atoms with Crippen molar-refractivity contribution < 1.29 is 4.74 Å². The van der Waals surface area contributed by atoms with E-state index in [0.29, 0.717) is 23.5 Å². The molecule has 4 heteroatoms. The van der Waals surface area contributed by atoms with Gasteiger partial charge in [0, 0.05) is 34.0 Å². The van der Waals surface area contributed by atoms with Gasteiger partial charge in [-0.15, -0.1) is 0 Å². The third kappa shape index (κ3) is 5.03. The molecule has 1 aliphatic carbocycles. The number of aryl methyl sites for hydroxylation is 1. The largest absolute Gasteiger partial charge is 0.488 e. The van der Waals surface area contributed by atoms with E-state index in [1.165, 1.54) is 22.4 Å². The second-order valence-electron chi connectivity index (χ2n) is 11.0. The highest BCUT2D eigenvalue weighted by molar-refractivity contribution is 6.31. The molecule has 1 aliphatic heterocycles. The van der Waals surface area contributed by atoms with E-state index < -0.39 is 0 Å². The molecule has 0 aromatic heterocycles. The van der Waals surface area contributed by atoms with Crippen molar-refractivity contribution in [2.24, 2.45) is 10.9 Å². The topological polar surface area (TPSA) is 33.6 Å². The Hall–Kier alpha value is -4.34. The molecule has 0 amide bonds. The smallest absolute Gasteiger partial charge is 0.129 e. The number of halogens is 1. The van der Waals surface area contributed by atoms with Gasteiger partial charge in [-0.25, -0.2) is 0 Å². The fraction of sp³-hybridized carbons (Fsp3) is 0.162. The van der Waals surface area contributed by atoms with Crippen LogP contribution in [-0.2, 0) is 6.61 Å². The van der Waals surface area contributed by atoms with Gasteiger partial charge in [0.2, 0.25) is 0 Å².